The Bertz CT molecular complexity index is 811. The van der Waals surface area contributed by atoms with Crippen molar-refractivity contribution in [2.24, 2.45) is 0 Å². The Kier molecular flexibility index (Phi) is 5.59. The molecule has 1 heterocycles. The number of H-pyrrole nitrogens is 1. The average Bonchev–Trinajstić information content (AvgIpc) is 2.87. The van der Waals surface area contributed by atoms with Gasteiger partial charge in [0.15, 0.2) is 0 Å². The predicted molar refractivity (Wildman–Crippen MR) is 104 cm³/mol. The molecule has 0 aliphatic heterocycles. The molecule has 0 saturated carbocycles. The molecule has 0 atom stereocenters. The summed E-state index contributed by atoms with van der Waals surface area (Å²) < 4.78 is 5.09. The van der Waals surface area contributed by atoms with E-state index in [1.807, 2.05) is 24.3 Å². The van der Waals surface area contributed by atoms with Crippen LogP contribution in [0.25, 0.3) is 0 Å². The van der Waals surface area contributed by atoms with Crippen LogP contribution in [0.3, 0.4) is 0 Å². The third-order valence-electron chi connectivity index (χ3n) is 4.56. The fourth-order valence-corrected chi connectivity index (χ4v) is 2.94. The summed E-state index contributed by atoms with van der Waals surface area (Å²) in [5.74, 6) is -0.598. The molecule has 0 radical (unpaired) electrons. The van der Waals surface area contributed by atoms with Crippen LogP contribution in [0.5, 0.6) is 0 Å². The topological polar surface area (TPSA) is 62.4 Å². The number of esters is 1. The molecule has 1 aromatic heterocycles. The van der Waals surface area contributed by atoms with E-state index >= 15 is 0 Å². The van der Waals surface area contributed by atoms with E-state index < -0.39 is 5.97 Å². The minimum atomic E-state index is -0.407. The Labute approximate surface area is 155 Å². The number of nitrogens with one attached hydrogen (secondary N) is 1. The molecule has 0 aliphatic rings. The minimum absolute atomic E-state index is 0.0583. The van der Waals surface area contributed by atoms with Crippen LogP contribution in [0.2, 0.25) is 0 Å². The number of rotatable bonds is 4. The first-order chi connectivity index (χ1) is 12.1. The first-order valence-electron chi connectivity index (χ1n) is 8.82. The van der Waals surface area contributed by atoms with Crippen molar-refractivity contribution in [3.63, 3.8) is 0 Å². The lowest BCUT2D eigenvalue weighted by atomic mass is 9.87. The zero-order valence-corrected chi connectivity index (χ0v) is 16.7. The first-order valence-corrected chi connectivity index (χ1v) is 8.82. The minimum Gasteiger partial charge on any atom is -0.462 e. The Balaban J connectivity index is 2.31. The highest BCUT2D eigenvalue weighted by Gasteiger charge is 2.25. The molecule has 1 amide bonds. The van der Waals surface area contributed by atoms with E-state index in [9.17, 15) is 9.59 Å². The number of hydrogen-bond donors (Lipinski definition) is 1. The molecule has 5 heteroatoms. The van der Waals surface area contributed by atoms with E-state index in [-0.39, 0.29) is 11.3 Å². The van der Waals surface area contributed by atoms with Gasteiger partial charge in [0.1, 0.15) is 5.69 Å². The Hall–Kier alpha value is -2.56. The summed E-state index contributed by atoms with van der Waals surface area (Å²) in [5, 5.41) is 0. The number of aromatic amines is 1. The summed E-state index contributed by atoms with van der Waals surface area (Å²) in [7, 11) is 1.73. The SMILES string of the molecule is CCOC(=O)c1c(C)[nH]c(C(=O)N(C)c2ccc(C(C)(C)C)cc2)c1C. The van der Waals surface area contributed by atoms with Crippen LogP contribution in [0.4, 0.5) is 5.69 Å². The average molecular weight is 356 g/mol. The number of carbonyl (C=O) groups is 2. The second-order valence-corrected chi connectivity index (χ2v) is 7.51. The van der Waals surface area contributed by atoms with Gasteiger partial charge in [-0.25, -0.2) is 4.79 Å². The predicted octanol–water partition coefficient (Wildman–Crippen LogP) is 4.38. The van der Waals surface area contributed by atoms with Gasteiger partial charge in [-0.1, -0.05) is 32.9 Å². The molecule has 0 fully saturated rings. The van der Waals surface area contributed by atoms with Crippen molar-refractivity contribution in [3.8, 4) is 0 Å². The fourth-order valence-electron chi connectivity index (χ4n) is 2.94. The number of nitrogens with zero attached hydrogens (tertiary/aromatic N) is 1. The smallest absolute Gasteiger partial charge is 0.340 e. The number of benzene rings is 1. The molecule has 2 aromatic rings. The van der Waals surface area contributed by atoms with Crippen LogP contribution in [-0.4, -0.2) is 30.5 Å². The molecule has 5 nitrogen and oxygen atoms in total. The normalized spacial score (nSPS) is 11.3. The zero-order chi connectivity index (χ0) is 19.6. The van der Waals surface area contributed by atoms with E-state index in [0.29, 0.717) is 29.1 Å². The molecule has 0 spiro atoms. The van der Waals surface area contributed by atoms with Crippen molar-refractivity contribution < 1.29 is 14.3 Å². The molecule has 0 aliphatic carbocycles. The van der Waals surface area contributed by atoms with Gasteiger partial charge < -0.3 is 14.6 Å². The van der Waals surface area contributed by atoms with Gasteiger partial charge in [-0.05, 0) is 49.4 Å². The van der Waals surface area contributed by atoms with Gasteiger partial charge in [-0.2, -0.15) is 0 Å². The fraction of sp³-hybridized carbons (Fsp3) is 0.429. The quantitative estimate of drug-likeness (QED) is 0.827. The summed E-state index contributed by atoms with van der Waals surface area (Å²) in [6.45, 7) is 12.0. The lowest BCUT2D eigenvalue weighted by molar-refractivity contribution is 0.0525. The molecule has 0 unspecified atom stereocenters. The Morgan fingerprint density at radius 2 is 1.69 bits per heavy atom. The maximum atomic E-state index is 12.9. The summed E-state index contributed by atoms with van der Waals surface area (Å²) >= 11 is 0. The summed E-state index contributed by atoms with van der Waals surface area (Å²) in [5.41, 5.74) is 4.17. The van der Waals surface area contributed by atoms with Crippen molar-refractivity contribution >= 4 is 17.6 Å². The summed E-state index contributed by atoms with van der Waals surface area (Å²) in [6.07, 6.45) is 0. The largest absolute Gasteiger partial charge is 0.462 e. The number of hydrogen-bond acceptors (Lipinski definition) is 3. The van der Waals surface area contributed by atoms with Crippen molar-refractivity contribution in [3.05, 3.63) is 52.3 Å². The van der Waals surface area contributed by atoms with E-state index in [0.717, 1.165) is 5.69 Å². The van der Waals surface area contributed by atoms with Crippen LogP contribution in [0.1, 0.15) is 65.4 Å². The third kappa shape index (κ3) is 3.82. The van der Waals surface area contributed by atoms with Crippen molar-refractivity contribution in [1.82, 2.24) is 4.98 Å². The first kappa shape index (κ1) is 19.8. The monoisotopic (exact) mass is 356 g/mol. The molecular weight excluding hydrogens is 328 g/mol. The highest BCUT2D eigenvalue weighted by Crippen LogP contribution is 2.26. The van der Waals surface area contributed by atoms with Gasteiger partial charge in [0.25, 0.3) is 5.91 Å². The van der Waals surface area contributed by atoms with Crippen LogP contribution < -0.4 is 4.90 Å². The number of amides is 1. The van der Waals surface area contributed by atoms with Crippen molar-refractivity contribution in [1.29, 1.82) is 0 Å². The maximum Gasteiger partial charge on any atom is 0.340 e. The molecule has 140 valence electrons. The van der Waals surface area contributed by atoms with Crippen LogP contribution in [0, 0.1) is 13.8 Å². The van der Waals surface area contributed by atoms with Crippen LogP contribution in [0.15, 0.2) is 24.3 Å². The molecule has 1 N–H and O–H groups in total. The summed E-state index contributed by atoms with van der Waals surface area (Å²) in [4.78, 5) is 29.7. The van der Waals surface area contributed by atoms with Gasteiger partial charge in [0.2, 0.25) is 0 Å². The van der Waals surface area contributed by atoms with E-state index in [4.69, 9.17) is 4.74 Å². The van der Waals surface area contributed by atoms with E-state index in [1.54, 1.807) is 32.7 Å². The number of aryl methyl sites for hydroxylation is 1. The number of anilines is 1. The second kappa shape index (κ2) is 7.36. The highest BCUT2D eigenvalue weighted by atomic mass is 16.5. The molecule has 0 saturated heterocycles. The maximum absolute atomic E-state index is 12.9. The number of ether oxygens (including phenoxy) is 1. The van der Waals surface area contributed by atoms with E-state index in [2.05, 4.69) is 25.8 Å². The molecule has 2 rings (SSSR count). The van der Waals surface area contributed by atoms with Crippen molar-refractivity contribution in [2.45, 2.75) is 47.0 Å². The van der Waals surface area contributed by atoms with Gasteiger partial charge in [0, 0.05) is 18.4 Å². The molecule has 1 aromatic carbocycles. The lowest BCUT2D eigenvalue weighted by Crippen LogP contribution is -2.27. The second-order valence-electron chi connectivity index (χ2n) is 7.51. The number of aromatic nitrogens is 1. The third-order valence-corrected chi connectivity index (χ3v) is 4.56. The molecule has 0 bridgehead atoms. The highest BCUT2D eigenvalue weighted by molar-refractivity contribution is 6.08. The van der Waals surface area contributed by atoms with Crippen LogP contribution >= 0.6 is 0 Å². The van der Waals surface area contributed by atoms with Crippen molar-refractivity contribution in [2.75, 3.05) is 18.6 Å². The lowest BCUT2D eigenvalue weighted by Gasteiger charge is -2.22. The van der Waals surface area contributed by atoms with Gasteiger partial charge in [0.05, 0.1) is 12.2 Å². The van der Waals surface area contributed by atoms with Gasteiger partial charge in [-0.3, -0.25) is 4.79 Å². The van der Waals surface area contributed by atoms with Gasteiger partial charge >= 0.3 is 5.97 Å². The Morgan fingerprint density at radius 3 is 2.19 bits per heavy atom. The molecular formula is C21H28N2O3. The number of carbonyl (C=O) groups excluding carboxylic acids is 2. The zero-order valence-electron chi connectivity index (χ0n) is 16.7. The standard InChI is InChI=1S/C21H28N2O3/c1-8-26-20(25)17-13(2)18(22-14(17)3)19(24)23(7)16-11-9-15(10-12-16)21(4,5)6/h9-12,22H,8H2,1-7H3. The van der Waals surface area contributed by atoms with Crippen LogP contribution in [-0.2, 0) is 10.2 Å². The summed E-state index contributed by atoms with van der Waals surface area (Å²) in [6, 6.07) is 7.96. The van der Waals surface area contributed by atoms with E-state index in [1.165, 1.54) is 5.56 Å². The Morgan fingerprint density at radius 1 is 1.12 bits per heavy atom. The van der Waals surface area contributed by atoms with Gasteiger partial charge in [-0.15, -0.1) is 0 Å². The molecule has 26 heavy (non-hydrogen) atoms.